The number of hydrogen-bond donors (Lipinski definition) is 3. The zero-order valence-electron chi connectivity index (χ0n) is 22.5. The Labute approximate surface area is 228 Å². The number of aromatic nitrogens is 1. The number of benzene rings is 2. The molecular formula is C31H33N5O3. The average Bonchev–Trinajstić information content (AvgIpc) is 3.43. The molecule has 8 heteroatoms. The van der Waals surface area contributed by atoms with Gasteiger partial charge in [0.1, 0.15) is 12.4 Å². The zero-order chi connectivity index (χ0) is 27.4. The summed E-state index contributed by atoms with van der Waals surface area (Å²) in [5.41, 5.74) is 4.63. The van der Waals surface area contributed by atoms with Gasteiger partial charge in [-0.15, -0.1) is 0 Å². The highest BCUT2D eigenvalue weighted by atomic mass is 16.2. The Morgan fingerprint density at radius 3 is 2.67 bits per heavy atom. The standard InChI is InChI=1S/C31H33N5O3/c1-30(2,3)29(39)36(25-17-32-16-20-7-4-5-8-23(20)25)18-26(37)34-22-11-10-19-14-31(15-21(19)13-22)24-9-6-12-33-27(24)35-28(31)38/h4-13,25,32H,14-18H2,1-3H3,(H,34,37)(H,33,35,38)/t25?,31-/m1/s1. The smallest absolute Gasteiger partial charge is 0.244 e. The van der Waals surface area contributed by atoms with Gasteiger partial charge in [0.15, 0.2) is 0 Å². The molecule has 3 aromatic rings. The molecule has 1 aromatic heterocycles. The molecule has 6 rings (SSSR count). The highest BCUT2D eigenvalue weighted by Gasteiger charge is 2.51. The molecule has 3 aliphatic rings. The normalized spacial score (nSPS) is 21.1. The minimum absolute atomic E-state index is 0.0318. The summed E-state index contributed by atoms with van der Waals surface area (Å²) in [6, 6.07) is 17.5. The summed E-state index contributed by atoms with van der Waals surface area (Å²) >= 11 is 0. The van der Waals surface area contributed by atoms with Crippen LogP contribution < -0.4 is 16.0 Å². The topological polar surface area (TPSA) is 103 Å². The molecule has 2 aliphatic heterocycles. The van der Waals surface area contributed by atoms with E-state index >= 15 is 0 Å². The summed E-state index contributed by atoms with van der Waals surface area (Å²) in [7, 11) is 0. The molecule has 0 fully saturated rings. The minimum Gasteiger partial charge on any atom is -0.325 e. The Kier molecular flexibility index (Phi) is 6.03. The molecule has 3 N–H and O–H groups in total. The van der Waals surface area contributed by atoms with Gasteiger partial charge in [-0.3, -0.25) is 14.4 Å². The minimum atomic E-state index is -0.661. The molecule has 1 unspecified atom stereocenters. The summed E-state index contributed by atoms with van der Waals surface area (Å²) in [6.07, 6.45) is 2.84. The Balaban J connectivity index is 1.22. The number of nitrogens with one attached hydrogen (secondary N) is 3. The number of amides is 3. The number of rotatable bonds is 4. The van der Waals surface area contributed by atoms with Gasteiger partial charge in [-0.25, -0.2) is 4.98 Å². The van der Waals surface area contributed by atoms with Crippen LogP contribution in [0.25, 0.3) is 0 Å². The van der Waals surface area contributed by atoms with Crippen LogP contribution in [0.15, 0.2) is 60.8 Å². The molecular weight excluding hydrogens is 490 g/mol. The molecule has 1 aliphatic carbocycles. The van der Waals surface area contributed by atoms with E-state index in [1.807, 2.05) is 69.3 Å². The third-order valence-corrected chi connectivity index (χ3v) is 8.12. The average molecular weight is 524 g/mol. The van der Waals surface area contributed by atoms with E-state index in [0.717, 1.165) is 34.4 Å². The van der Waals surface area contributed by atoms with E-state index in [1.54, 1.807) is 11.1 Å². The fourth-order valence-electron chi connectivity index (χ4n) is 6.21. The Bertz CT molecular complexity index is 1490. The number of pyridine rings is 1. The van der Waals surface area contributed by atoms with Crippen molar-refractivity contribution in [2.75, 3.05) is 23.7 Å². The molecule has 0 saturated heterocycles. The first-order valence-electron chi connectivity index (χ1n) is 13.4. The van der Waals surface area contributed by atoms with Crippen molar-refractivity contribution < 1.29 is 14.4 Å². The lowest BCUT2D eigenvalue weighted by atomic mass is 9.79. The molecule has 0 radical (unpaired) electrons. The predicted octanol–water partition coefficient (Wildman–Crippen LogP) is 3.73. The Morgan fingerprint density at radius 2 is 1.85 bits per heavy atom. The third-order valence-electron chi connectivity index (χ3n) is 8.12. The van der Waals surface area contributed by atoms with E-state index < -0.39 is 10.8 Å². The van der Waals surface area contributed by atoms with Crippen LogP contribution in [0.5, 0.6) is 0 Å². The molecule has 0 bridgehead atoms. The quantitative estimate of drug-likeness (QED) is 0.484. The summed E-state index contributed by atoms with van der Waals surface area (Å²) in [5, 5.41) is 9.35. The van der Waals surface area contributed by atoms with Crippen molar-refractivity contribution in [3.05, 3.63) is 88.6 Å². The van der Waals surface area contributed by atoms with Crippen LogP contribution in [0.2, 0.25) is 0 Å². The molecule has 0 saturated carbocycles. The number of anilines is 2. The number of carbonyl (C=O) groups excluding carboxylic acids is 3. The number of fused-ring (bicyclic) bond motifs is 4. The van der Waals surface area contributed by atoms with Crippen molar-refractivity contribution in [1.29, 1.82) is 0 Å². The van der Waals surface area contributed by atoms with Gasteiger partial charge in [0.05, 0.1) is 11.5 Å². The summed E-state index contributed by atoms with van der Waals surface area (Å²) in [4.78, 5) is 46.0. The first-order chi connectivity index (χ1) is 18.7. The van der Waals surface area contributed by atoms with Gasteiger partial charge in [0.2, 0.25) is 17.7 Å². The largest absolute Gasteiger partial charge is 0.325 e. The first kappa shape index (κ1) is 25.2. The second kappa shape index (κ2) is 9.31. The number of nitrogens with zero attached hydrogens (tertiary/aromatic N) is 2. The van der Waals surface area contributed by atoms with Crippen LogP contribution in [0.1, 0.15) is 54.6 Å². The SMILES string of the molecule is CC(C)(C)C(=O)N(CC(=O)Nc1ccc2c(c1)C[C@@]1(C2)C(=O)Nc2ncccc21)C1CNCc2ccccc21. The molecule has 2 aromatic carbocycles. The lowest BCUT2D eigenvalue weighted by Gasteiger charge is -2.39. The second-order valence-corrected chi connectivity index (χ2v) is 11.8. The van der Waals surface area contributed by atoms with E-state index in [1.165, 1.54) is 0 Å². The van der Waals surface area contributed by atoms with E-state index in [2.05, 4.69) is 27.0 Å². The second-order valence-electron chi connectivity index (χ2n) is 11.8. The highest BCUT2D eigenvalue weighted by molar-refractivity contribution is 6.06. The van der Waals surface area contributed by atoms with Crippen molar-refractivity contribution in [2.45, 2.75) is 51.6 Å². The van der Waals surface area contributed by atoms with Gasteiger partial charge in [0, 0.05) is 36.0 Å². The highest BCUT2D eigenvalue weighted by Crippen LogP contribution is 2.47. The maximum Gasteiger partial charge on any atom is 0.244 e. The van der Waals surface area contributed by atoms with Gasteiger partial charge in [-0.05, 0) is 53.3 Å². The van der Waals surface area contributed by atoms with Crippen molar-refractivity contribution in [3.8, 4) is 0 Å². The number of hydrogen-bond acceptors (Lipinski definition) is 5. The summed E-state index contributed by atoms with van der Waals surface area (Å²) in [6.45, 7) is 6.92. The Morgan fingerprint density at radius 1 is 1.05 bits per heavy atom. The predicted molar refractivity (Wildman–Crippen MR) is 149 cm³/mol. The van der Waals surface area contributed by atoms with Crippen LogP contribution in [-0.2, 0) is 39.2 Å². The van der Waals surface area contributed by atoms with Gasteiger partial charge < -0.3 is 20.9 Å². The van der Waals surface area contributed by atoms with Crippen LogP contribution in [-0.4, -0.2) is 40.7 Å². The summed E-state index contributed by atoms with van der Waals surface area (Å²) in [5.74, 6) is 0.273. The van der Waals surface area contributed by atoms with Crippen molar-refractivity contribution in [3.63, 3.8) is 0 Å². The molecule has 1 spiro atoms. The molecule has 8 nitrogen and oxygen atoms in total. The fraction of sp³-hybridized carbons (Fsp3) is 0.355. The van der Waals surface area contributed by atoms with E-state index in [0.29, 0.717) is 30.9 Å². The van der Waals surface area contributed by atoms with E-state index in [-0.39, 0.29) is 30.3 Å². The van der Waals surface area contributed by atoms with Gasteiger partial charge >= 0.3 is 0 Å². The van der Waals surface area contributed by atoms with Crippen LogP contribution in [0, 0.1) is 5.41 Å². The molecule has 3 heterocycles. The lowest BCUT2D eigenvalue weighted by molar-refractivity contribution is -0.144. The summed E-state index contributed by atoms with van der Waals surface area (Å²) < 4.78 is 0. The maximum absolute atomic E-state index is 13.6. The number of carbonyl (C=O) groups is 3. The third kappa shape index (κ3) is 4.38. The van der Waals surface area contributed by atoms with Crippen LogP contribution in [0.4, 0.5) is 11.5 Å². The molecule has 2 atom stereocenters. The van der Waals surface area contributed by atoms with Crippen molar-refractivity contribution in [2.24, 2.45) is 5.41 Å². The first-order valence-corrected chi connectivity index (χ1v) is 13.4. The van der Waals surface area contributed by atoms with Crippen LogP contribution >= 0.6 is 0 Å². The van der Waals surface area contributed by atoms with E-state index in [4.69, 9.17) is 0 Å². The molecule has 39 heavy (non-hydrogen) atoms. The maximum atomic E-state index is 13.6. The van der Waals surface area contributed by atoms with E-state index in [9.17, 15) is 14.4 Å². The van der Waals surface area contributed by atoms with Crippen molar-refractivity contribution >= 4 is 29.2 Å². The van der Waals surface area contributed by atoms with Gasteiger partial charge in [-0.2, -0.15) is 0 Å². The monoisotopic (exact) mass is 523 g/mol. The van der Waals surface area contributed by atoms with Gasteiger partial charge in [0.25, 0.3) is 0 Å². The molecule has 3 amide bonds. The van der Waals surface area contributed by atoms with Crippen LogP contribution in [0.3, 0.4) is 0 Å². The zero-order valence-corrected chi connectivity index (χ0v) is 22.5. The lowest BCUT2D eigenvalue weighted by Crippen LogP contribution is -2.49. The molecule has 200 valence electrons. The van der Waals surface area contributed by atoms with Gasteiger partial charge in [-0.1, -0.05) is 57.2 Å². The fourth-order valence-corrected chi connectivity index (χ4v) is 6.21. The van der Waals surface area contributed by atoms with Crippen molar-refractivity contribution in [1.82, 2.24) is 15.2 Å². The Hall–Kier alpha value is -4.04.